The average Bonchev–Trinajstić information content (AvgIpc) is 2.32. The fourth-order valence-electron chi connectivity index (χ4n) is 2.11. The molecule has 0 aliphatic heterocycles. The highest BCUT2D eigenvalue weighted by Crippen LogP contribution is 2.15. The van der Waals surface area contributed by atoms with Crippen molar-refractivity contribution in [1.29, 1.82) is 0 Å². The number of unbranched alkanes of at least 4 members (excludes halogenated alkanes) is 1. The lowest BCUT2D eigenvalue weighted by atomic mass is 10.00. The van der Waals surface area contributed by atoms with Crippen LogP contribution >= 0.6 is 0 Å². The van der Waals surface area contributed by atoms with Gasteiger partial charge in [0.2, 0.25) is 0 Å². The molecular formula is C15H32O. The van der Waals surface area contributed by atoms with Crippen LogP contribution in [0, 0.1) is 11.8 Å². The first-order valence-electron chi connectivity index (χ1n) is 7.36. The summed E-state index contributed by atoms with van der Waals surface area (Å²) in [6.07, 6.45) is 9.15. The number of ether oxygens (including phenoxy) is 1. The Morgan fingerprint density at radius 2 is 1.31 bits per heavy atom. The monoisotopic (exact) mass is 228 g/mol. The van der Waals surface area contributed by atoms with E-state index < -0.39 is 0 Å². The van der Waals surface area contributed by atoms with Gasteiger partial charge in [0.15, 0.2) is 0 Å². The maximum atomic E-state index is 5.89. The van der Waals surface area contributed by atoms with Crippen molar-refractivity contribution < 1.29 is 4.74 Å². The van der Waals surface area contributed by atoms with Crippen molar-refractivity contribution in [1.82, 2.24) is 0 Å². The van der Waals surface area contributed by atoms with E-state index in [9.17, 15) is 0 Å². The molecule has 0 N–H and O–H groups in total. The van der Waals surface area contributed by atoms with E-state index in [1.807, 2.05) is 0 Å². The van der Waals surface area contributed by atoms with Crippen molar-refractivity contribution in [2.24, 2.45) is 11.8 Å². The highest BCUT2D eigenvalue weighted by Gasteiger charge is 2.09. The van der Waals surface area contributed by atoms with Crippen LogP contribution in [0.1, 0.15) is 72.6 Å². The summed E-state index contributed by atoms with van der Waals surface area (Å²) in [7, 11) is 0. The Labute approximate surface area is 103 Å². The summed E-state index contributed by atoms with van der Waals surface area (Å²) in [6.45, 7) is 11.1. The van der Waals surface area contributed by atoms with E-state index in [1.54, 1.807) is 0 Å². The third kappa shape index (κ3) is 8.15. The van der Waals surface area contributed by atoms with E-state index in [2.05, 4.69) is 27.7 Å². The van der Waals surface area contributed by atoms with Crippen molar-refractivity contribution in [3.8, 4) is 0 Å². The highest BCUT2D eigenvalue weighted by molar-refractivity contribution is 4.58. The zero-order valence-electron chi connectivity index (χ0n) is 11.9. The molecule has 0 aliphatic carbocycles. The Balaban J connectivity index is 3.58. The van der Waals surface area contributed by atoms with E-state index in [-0.39, 0.29) is 0 Å². The summed E-state index contributed by atoms with van der Waals surface area (Å²) >= 11 is 0. The number of rotatable bonds is 11. The summed E-state index contributed by atoms with van der Waals surface area (Å²) in [5, 5.41) is 0. The molecule has 0 bridgehead atoms. The first-order chi connectivity index (χ1) is 7.78. The predicted octanol–water partition coefficient (Wildman–Crippen LogP) is 5.05. The minimum atomic E-state index is 0.786. The van der Waals surface area contributed by atoms with Crippen LogP contribution in [-0.4, -0.2) is 13.2 Å². The second-order valence-corrected chi connectivity index (χ2v) is 5.02. The molecule has 1 heteroatoms. The van der Waals surface area contributed by atoms with Gasteiger partial charge in [-0.2, -0.15) is 0 Å². The van der Waals surface area contributed by atoms with Crippen molar-refractivity contribution in [2.45, 2.75) is 72.6 Å². The molecule has 0 saturated heterocycles. The van der Waals surface area contributed by atoms with Crippen LogP contribution in [0.3, 0.4) is 0 Å². The van der Waals surface area contributed by atoms with E-state index in [4.69, 9.17) is 4.74 Å². The third-order valence-corrected chi connectivity index (χ3v) is 3.52. The molecule has 0 aromatic heterocycles. The molecule has 0 rings (SSSR count). The maximum absolute atomic E-state index is 5.89. The Hall–Kier alpha value is -0.0400. The van der Waals surface area contributed by atoms with Gasteiger partial charge in [-0.1, -0.05) is 59.8 Å². The zero-order chi connectivity index (χ0) is 12.2. The summed E-state index contributed by atoms with van der Waals surface area (Å²) in [6, 6.07) is 0. The van der Waals surface area contributed by atoms with Crippen molar-refractivity contribution in [3.05, 3.63) is 0 Å². The minimum absolute atomic E-state index is 0.786. The lowest BCUT2D eigenvalue weighted by molar-refractivity contribution is 0.0634. The molecule has 0 aliphatic rings. The Kier molecular flexibility index (Phi) is 11.4. The molecule has 0 amide bonds. The van der Waals surface area contributed by atoms with Crippen LogP contribution in [0.25, 0.3) is 0 Å². The minimum Gasteiger partial charge on any atom is -0.381 e. The molecular weight excluding hydrogens is 196 g/mol. The van der Waals surface area contributed by atoms with Gasteiger partial charge in [-0.3, -0.25) is 0 Å². The van der Waals surface area contributed by atoms with Crippen molar-refractivity contribution in [3.63, 3.8) is 0 Å². The molecule has 0 radical (unpaired) electrons. The molecule has 98 valence electrons. The molecule has 1 nitrogen and oxygen atoms in total. The number of hydrogen-bond donors (Lipinski definition) is 0. The van der Waals surface area contributed by atoms with Crippen LogP contribution in [-0.2, 0) is 4.74 Å². The van der Waals surface area contributed by atoms with Crippen LogP contribution in [0.2, 0.25) is 0 Å². The third-order valence-electron chi connectivity index (χ3n) is 3.52. The summed E-state index contributed by atoms with van der Waals surface area (Å²) in [5.41, 5.74) is 0. The molecule has 1 unspecified atom stereocenters. The fourth-order valence-corrected chi connectivity index (χ4v) is 2.11. The van der Waals surface area contributed by atoms with Gasteiger partial charge in [-0.25, -0.2) is 0 Å². The second-order valence-electron chi connectivity index (χ2n) is 5.02. The van der Waals surface area contributed by atoms with Crippen LogP contribution in [0.15, 0.2) is 0 Å². The second kappa shape index (κ2) is 11.4. The van der Waals surface area contributed by atoms with Gasteiger partial charge in [-0.15, -0.1) is 0 Å². The average molecular weight is 228 g/mol. The van der Waals surface area contributed by atoms with Crippen LogP contribution in [0.5, 0.6) is 0 Å². The first-order valence-corrected chi connectivity index (χ1v) is 7.36. The lowest BCUT2D eigenvalue weighted by Gasteiger charge is -2.18. The smallest absolute Gasteiger partial charge is 0.0494 e. The van der Waals surface area contributed by atoms with Crippen molar-refractivity contribution in [2.75, 3.05) is 13.2 Å². The van der Waals surface area contributed by atoms with Gasteiger partial charge in [-0.05, 0) is 24.7 Å². The van der Waals surface area contributed by atoms with E-state index in [0.29, 0.717) is 0 Å². The molecule has 0 spiro atoms. The predicted molar refractivity (Wildman–Crippen MR) is 72.8 cm³/mol. The van der Waals surface area contributed by atoms with E-state index >= 15 is 0 Å². The molecule has 0 saturated carbocycles. The summed E-state index contributed by atoms with van der Waals surface area (Å²) in [4.78, 5) is 0. The molecule has 0 fully saturated rings. The largest absolute Gasteiger partial charge is 0.381 e. The van der Waals surface area contributed by atoms with Crippen LogP contribution in [0.4, 0.5) is 0 Å². The summed E-state index contributed by atoms with van der Waals surface area (Å²) in [5.74, 6) is 1.58. The Bertz CT molecular complexity index is 133. The highest BCUT2D eigenvalue weighted by atomic mass is 16.5. The van der Waals surface area contributed by atoms with E-state index in [1.165, 1.54) is 44.9 Å². The lowest BCUT2D eigenvalue weighted by Crippen LogP contribution is -2.14. The molecule has 2 atom stereocenters. The number of hydrogen-bond acceptors (Lipinski definition) is 1. The topological polar surface area (TPSA) is 9.23 Å². The molecule has 0 aromatic carbocycles. The quantitative estimate of drug-likeness (QED) is 0.481. The van der Waals surface area contributed by atoms with Gasteiger partial charge in [0.05, 0.1) is 0 Å². The van der Waals surface area contributed by atoms with Gasteiger partial charge in [0.25, 0.3) is 0 Å². The zero-order valence-corrected chi connectivity index (χ0v) is 11.9. The molecule has 16 heavy (non-hydrogen) atoms. The fraction of sp³-hybridized carbons (Fsp3) is 1.00. The molecule has 0 aromatic rings. The van der Waals surface area contributed by atoms with Gasteiger partial charge < -0.3 is 4.74 Å². The standard InChI is InChI=1S/C15H32O/c1-5-9-11-15(8-4)13-16-12-14(7-3)10-6-2/h14-15H,5-13H2,1-4H3/t14?,15-/m1/s1. The summed E-state index contributed by atoms with van der Waals surface area (Å²) < 4.78 is 5.89. The molecule has 0 heterocycles. The Morgan fingerprint density at radius 1 is 0.750 bits per heavy atom. The maximum Gasteiger partial charge on any atom is 0.0494 e. The van der Waals surface area contributed by atoms with Gasteiger partial charge in [0.1, 0.15) is 0 Å². The van der Waals surface area contributed by atoms with Gasteiger partial charge in [0, 0.05) is 13.2 Å². The van der Waals surface area contributed by atoms with E-state index in [0.717, 1.165) is 25.0 Å². The van der Waals surface area contributed by atoms with Crippen molar-refractivity contribution >= 4 is 0 Å². The van der Waals surface area contributed by atoms with Crippen LogP contribution < -0.4 is 0 Å². The first kappa shape index (κ1) is 16.0. The normalized spacial score (nSPS) is 15.0. The SMILES string of the molecule is CCCC[C@@H](CC)COCC(CC)CCC. The van der Waals surface area contributed by atoms with Gasteiger partial charge >= 0.3 is 0 Å². The Morgan fingerprint density at radius 3 is 1.75 bits per heavy atom.